The molecule has 0 aliphatic rings. The molecule has 0 atom stereocenters. The van der Waals surface area contributed by atoms with Crippen molar-refractivity contribution in [1.82, 2.24) is 15.1 Å². The van der Waals surface area contributed by atoms with Gasteiger partial charge in [-0.05, 0) is 17.4 Å². The van der Waals surface area contributed by atoms with E-state index in [1.54, 1.807) is 0 Å². The van der Waals surface area contributed by atoms with Gasteiger partial charge < -0.3 is 5.84 Å². The van der Waals surface area contributed by atoms with Crippen LogP contribution in [0.1, 0.15) is 26.3 Å². The first-order chi connectivity index (χ1) is 7.44. The molecule has 1 heterocycles. The van der Waals surface area contributed by atoms with Crippen molar-refractivity contribution in [3.63, 3.8) is 0 Å². The highest BCUT2D eigenvalue weighted by atomic mass is 15.7. The van der Waals surface area contributed by atoms with E-state index in [2.05, 4.69) is 55.2 Å². The first kappa shape index (κ1) is 10.8. The third kappa shape index (κ3) is 2.45. The van der Waals surface area contributed by atoms with Gasteiger partial charge in [0, 0.05) is 5.56 Å². The highest BCUT2D eigenvalue weighted by molar-refractivity contribution is 5.54. The minimum Gasteiger partial charge on any atom is -0.308 e. The van der Waals surface area contributed by atoms with E-state index in [4.69, 9.17) is 5.84 Å². The van der Waals surface area contributed by atoms with Crippen molar-refractivity contribution in [3.8, 4) is 11.4 Å². The largest absolute Gasteiger partial charge is 0.308 e. The molecule has 0 aliphatic heterocycles. The summed E-state index contributed by atoms with van der Waals surface area (Å²) in [6, 6.07) is 8.42. The van der Waals surface area contributed by atoms with Crippen LogP contribution < -0.4 is 5.84 Å². The standard InChI is InChI=1S/C12H18N4/c1-12(2,3)8-9-4-6-10(7-5-9)11-14-16(13)15-11/h4-7H,8,13H2,1-3H3,(H,14,15). The fourth-order valence-corrected chi connectivity index (χ4v) is 1.73. The van der Waals surface area contributed by atoms with Crippen LogP contribution in [-0.4, -0.2) is 15.1 Å². The summed E-state index contributed by atoms with van der Waals surface area (Å²) < 4.78 is 0. The van der Waals surface area contributed by atoms with Gasteiger partial charge in [0.2, 0.25) is 0 Å². The molecule has 0 radical (unpaired) electrons. The van der Waals surface area contributed by atoms with Gasteiger partial charge in [0.25, 0.3) is 0 Å². The van der Waals surface area contributed by atoms with E-state index in [1.165, 1.54) is 10.5 Å². The Morgan fingerprint density at radius 3 is 2.25 bits per heavy atom. The monoisotopic (exact) mass is 218 g/mol. The second kappa shape index (κ2) is 3.70. The van der Waals surface area contributed by atoms with E-state index < -0.39 is 0 Å². The van der Waals surface area contributed by atoms with Crippen molar-refractivity contribution >= 4 is 0 Å². The highest BCUT2D eigenvalue weighted by Crippen LogP contribution is 2.22. The maximum atomic E-state index is 5.35. The lowest BCUT2D eigenvalue weighted by Crippen LogP contribution is -2.23. The second-order valence-corrected chi connectivity index (χ2v) is 5.34. The minimum atomic E-state index is 0.321. The lowest BCUT2D eigenvalue weighted by atomic mass is 9.88. The third-order valence-corrected chi connectivity index (χ3v) is 2.39. The normalized spacial score (nSPS) is 11.9. The molecule has 0 saturated heterocycles. The number of aromatic nitrogens is 3. The molecular weight excluding hydrogens is 200 g/mol. The average molecular weight is 218 g/mol. The molecule has 2 aromatic rings. The number of hydrogen-bond acceptors (Lipinski definition) is 2. The predicted molar refractivity (Wildman–Crippen MR) is 65.3 cm³/mol. The fourth-order valence-electron chi connectivity index (χ4n) is 1.73. The molecule has 0 spiro atoms. The van der Waals surface area contributed by atoms with E-state index in [0.717, 1.165) is 17.8 Å². The summed E-state index contributed by atoms with van der Waals surface area (Å²) >= 11 is 0. The quantitative estimate of drug-likeness (QED) is 0.759. The Labute approximate surface area is 95.4 Å². The SMILES string of the molecule is CC(C)(C)Cc1ccc(-c2nn(N)[nH]2)cc1. The molecule has 0 fully saturated rings. The molecule has 16 heavy (non-hydrogen) atoms. The average Bonchev–Trinajstić information content (AvgIpc) is 2.12. The highest BCUT2D eigenvalue weighted by Gasteiger charge is 2.11. The van der Waals surface area contributed by atoms with Gasteiger partial charge in [-0.2, -0.15) is 0 Å². The summed E-state index contributed by atoms with van der Waals surface area (Å²) in [5, 5.41) is 6.90. The van der Waals surface area contributed by atoms with Crippen LogP contribution in [0.3, 0.4) is 0 Å². The Morgan fingerprint density at radius 1 is 1.25 bits per heavy atom. The van der Waals surface area contributed by atoms with Crippen molar-refractivity contribution in [3.05, 3.63) is 29.8 Å². The first-order valence-electron chi connectivity index (χ1n) is 5.43. The Kier molecular flexibility index (Phi) is 2.50. The summed E-state index contributed by atoms with van der Waals surface area (Å²) in [5.41, 5.74) is 2.74. The molecule has 0 unspecified atom stereocenters. The Morgan fingerprint density at radius 2 is 1.81 bits per heavy atom. The molecule has 0 bridgehead atoms. The molecule has 1 aromatic carbocycles. The summed E-state index contributed by atoms with van der Waals surface area (Å²) in [4.78, 5) is 1.21. The number of nitrogens with one attached hydrogen (secondary N) is 1. The molecular formula is C12H18N4. The Hall–Kier alpha value is -1.71. The topological polar surface area (TPSA) is 59.6 Å². The number of benzene rings is 1. The number of hydrogen-bond donors (Lipinski definition) is 2. The third-order valence-electron chi connectivity index (χ3n) is 2.39. The van der Waals surface area contributed by atoms with Gasteiger partial charge in [-0.1, -0.05) is 45.0 Å². The number of nitrogens with two attached hydrogens (primary N) is 1. The second-order valence-electron chi connectivity index (χ2n) is 5.34. The van der Waals surface area contributed by atoms with E-state index >= 15 is 0 Å². The molecule has 1 aromatic heterocycles. The van der Waals surface area contributed by atoms with E-state index in [0.29, 0.717) is 5.41 Å². The van der Waals surface area contributed by atoms with Gasteiger partial charge >= 0.3 is 0 Å². The van der Waals surface area contributed by atoms with E-state index in [1.807, 2.05) is 0 Å². The summed E-state index contributed by atoms with van der Waals surface area (Å²) in [5.74, 6) is 6.18. The number of aromatic amines is 1. The van der Waals surface area contributed by atoms with Crippen LogP contribution in [0.4, 0.5) is 0 Å². The molecule has 4 heteroatoms. The van der Waals surface area contributed by atoms with Crippen LogP contribution in [0.25, 0.3) is 11.4 Å². The van der Waals surface area contributed by atoms with Gasteiger partial charge in [-0.15, -0.1) is 10.0 Å². The number of H-pyrrole nitrogens is 1. The van der Waals surface area contributed by atoms with Crippen molar-refractivity contribution in [2.24, 2.45) is 5.41 Å². The zero-order chi connectivity index (χ0) is 11.8. The van der Waals surface area contributed by atoms with Gasteiger partial charge in [0.1, 0.15) is 0 Å². The molecule has 3 N–H and O–H groups in total. The number of rotatable bonds is 2. The van der Waals surface area contributed by atoms with E-state index in [-0.39, 0.29) is 0 Å². The molecule has 2 rings (SSSR count). The van der Waals surface area contributed by atoms with Crippen LogP contribution in [0.2, 0.25) is 0 Å². The molecule has 4 nitrogen and oxygen atoms in total. The predicted octanol–water partition coefficient (Wildman–Crippen LogP) is 2.18. The zero-order valence-corrected chi connectivity index (χ0v) is 9.99. The van der Waals surface area contributed by atoms with Crippen LogP contribution in [0.15, 0.2) is 24.3 Å². The summed E-state index contributed by atoms with van der Waals surface area (Å²) in [6.45, 7) is 6.72. The van der Waals surface area contributed by atoms with Crippen molar-refractivity contribution in [2.75, 3.05) is 5.84 Å². The molecule has 86 valence electrons. The zero-order valence-electron chi connectivity index (χ0n) is 9.99. The van der Waals surface area contributed by atoms with Gasteiger partial charge in [0.05, 0.1) is 0 Å². The van der Waals surface area contributed by atoms with Gasteiger partial charge in [0.15, 0.2) is 5.82 Å². The smallest absolute Gasteiger partial charge is 0.178 e. The van der Waals surface area contributed by atoms with Gasteiger partial charge in [-0.25, -0.2) is 5.10 Å². The minimum absolute atomic E-state index is 0.321. The first-order valence-corrected chi connectivity index (χ1v) is 5.43. The number of nitrogen functional groups attached to an aromatic ring is 1. The van der Waals surface area contributed by atoms with Crippen molar-refractivity contribution in [1.29, 1.82) is 0 Å². The van der Waals surface area contributed by atoms with Gasteiger partial charge in [-0.3, -0.25) is 0 Å². The lowest BCUT2D eigenvalue weighted by Gasteiger charge is -2.18. The summed E-state index contributed by atoms with van der Waals surface area (Å²) in [6.07, 6.45) is 1.08. The van der Waals surface area contributed by atoms with Crippen LogP contribution in [0, 0.1) is 5.41 Å². The molecule has 0 saturated carbocycles. The van der Waals surface area contributed by atoms with Crippen molar-refractivity contribution in [2.45, 2.75) is 27.2 Å². The molecule has 0 aliphatic carbocycles. The van der Waals surface area contributed by atoms with E-state index in [9.17, 15) is 0 Å². The fraction of sp³-hybridized carbons (Fsp3) is 0.417. The maximum Gasteiger partial charge on any atom is 0.178 e. The van der Waals surface area contributed by atoms with Crippen LogP contribution >= 0.6 is 0 Å². The molecule has 0 amide bonds. The van der Waals surface area contributed by atoms with Crippen molar-refractivity contribution < 1.29 is 0 Å². The Balaban J connectivity index is 2.12. The Bertz CT molecular complexity index is 444. The summed E-state index contributed by atoms with van der Waals surface area (Å²) in [7, 11) is 0. The number of nitrogens with zero attached hydrogens (tertiary/aromatic N) is 2. The lowest BCUT2D eigenvalue weighted by molar-refractivity contribution is 0.411. The van der Waals surface area contributed by atoms with Crippen LogP contribution in [0.5, 0.6) is 0 Å². The maximum absolute atomic E-state index is 5.35. The van der Waals surface area contributed by atoms with Crippen LogP contribution in [-0.2, 0) is 6.42 Å².